The Morgan fingerprint density at radius 3 is 2.86 bits per heavy atom. The molecule has 4 rings (SSSR count). The van der Waals surface area contributed by atoms with E-state index in [1.165, 1.54) is 6.07 Å². The highest BCUT2D eigenvalue weighted by Crippen LogP contribution is 2.26. The quantitative estimate of drug-likeness (QED) is 0.529. The molecule has 0 bridgehead atoms. The Labute approximate surface area is 123 Å². The number of imidazole rings is 1. The third-order valence-corrected chi connectivity index (χ3v) is 3.62. The lowest BCUT2D eigenvalue weighted by molar-refractivity contribution is 0.0698. The summed E-state index contributed by atoms with van der Waals surface area (Å²) in [5.41, 5.74) is 2.22. The van der Waals surface area contributed by atoms with Crippen LogP contribution in [0.3, 0.4) is 0 Å². The summed E-state index contributed by atoms with van der Waals surface area (Å²) >= 11 is 0. The van der Waals surface area contributed by atoms with E-state index >= 15 is 0 Å². The molecule has 5 nitrogen and oxygen atoms in total. The highest BCUT2D eigenvalue weighted by Gasteiger charge is 2.15. The topological polar surface area (TPSA) is 81.8 Å². The molecule has 0 fully saturated rings. The molecule has 108 valence electrons. The van der Waals surface area contributed by atoms with Crippen LogP contribution >= 0.6 is 0 Å². The fraction of sp³-hybridized carbons (Fsp3) is 0. The first kappa shape index (κ1) is 12.6. The molecule has 2 heterocycles. The number of H-pyrrole nitrogens is 2. The van der Waals surface area contributed by atoms with Gasteiger partial charge in [-0.2, -0.15) is 0 Å². The number of hydrogen-bond acceptors (Lipinski definition) is 2. The van der Waals surface area contributed by atoms with Gasteiger partial charge >= 0.3 is 5.97 Å². The summed E-state index contributed by atoms with van der Waals surface area (Å²) in [6.07, 6.45) is 1.84. The highest BCUT2D eigenvalue weighted by molar-refractivity contribution is 6.01. The molecule has 6 heteroatoms. The lowest BCUT2D eigenvalue weighted by Gasteiger charge is -1.97. The van der Waals surface area contributed by atoms with Gasteiger partial charge in [-0.25, -0.2) is 14.2 Å². The van der Waals surface area contributed by atoms with E-state index in [0.29, 0.717) is 16.9 Å². The van der Waals surface area contributed by atoms with E-state index in [1.807, 2.05) is 30.5 Å². The van der Waals surface area contributed by atoms with Crippen LogP contribution in [-0.4, -0.2) is 26.0 Å². The Bertz CT molecular complexity index is 1030. The summed E-state index contributed by atoms with van der Waals surface area (Å²) in [6, 6.07) is 9.88. The van der Waals surface area contributed by atoms with Crippen molar-refractivity contribution in [2.45, 2.75) is 0 Å². The number of carboxylic acids is 1. The van der Waals surface area contributed by atoms with Crippen LogP contribution < -0.4 is 0 Å². The van der Waals surface area contributed by atoms with E-state index < -0.39 is 11.8 Å². The van der Waals surface area contributed by atoms with Gasteiger partial charge in [0.05, 0.1) is 16.6 Å². The number of aromatic carboxylic acids is 1. The van der Waals surface area contributed by atoms with Crippen LogP contribution in [0, 0.1) is 5.82 Å². The van der Waals surface area contributed by atoms with E-state index in [0.717, 1.165) is 22.5 Å². The second-order valence-electron chi connectivity index (χ2n) is 5.02. The number of aromatic nitrogens is 3. The van der Waals surface area contributed by atoms with Crippen molar-refractivity contribution in [3.8, 4) is 11.4 Å². The highest BCUT2D eigenvalue weighted by atomic mass is 19.1. The monoisotopic (exact) mass is 295 g/mol. The van der Waals surface area contributed by atoms with E-state index in [4.69, 9.17) is 0 Å². The molecule has 0 spiro atoms. The standard InChI is InChI=1S/C16H10FN3O2/c17-10-6-11(16(21)22)14-13(7-10)19-15(20-14)9-2-1-8-3-4-18-12(8)5-9/h1-7,18H,(H,19,20)(H,21,22). The molecular weight excluding hydrogens is 285 g/mol. The largest absolute Gasteiger partial charge is 0.478 e. The zero-order valence-corrected chi connectivity index (χ0v) is 11.2. The Morgan fingerprint density at radius 1 is 1.18 bits per heavy atom. The maximum atomic E-state index is 13.5. The van der Waals surface area contributed by atoms with Crippen LogP contribution in [-0.2, 0) is 0 Å². The number of nitrogens with zero attached hydrogens (tertiary/aromatic N) is 1. The molecular formula is C16H10FN3O2. The van der Waals surface area contributed by atoms with Gasteiger partial charge < -0.3 is 15.1 Å². The van der Waals surface area contributed by atoms with Crippen molar-refractivity contribution in [1.29, 1.82) is 0 Å². The van der Waals surface area contributed by atoms with Crippen molar-refractivity contribution in [1.82, 2.24) is 15.0 Å². The lowest BCUT2D eigenvalue weighted by Crippen LogP contribution is -1.98. The zero-order valence-electron chi connectivity index (χ0n) is 11.2. The Balaban J connectivity index is 1.95. The van der Waals surface area contributed by atoms with E-state index in [1.54, 1.807) is 0 Å². The average molecular weight is 295 g/mol. The molecule has 4 aromatic rings. The lowest BCUT2D eigenvalue weighted by atomic mass is 10.1. The van der Waals surface area contributed by atoms with Crippen molar-refractivity contribution < 1.29 is 14.3 Å². The number of hydrogen-bond donors (Lipinski definition) is 3. The van der Waals surface area contributed by atoms with Gasteiger partial charge in [-0.3, -0.25) is 0 Å². The molecule has 22 heavy (non-hydrogen) atoms. The van der Waals surface area contributed by atoms with Gasteiger partial charge in [0.1, 0.15) is 11.6 Å². The van der Waals surface area contributed by atoms with Crippen molar-refractivity contribution in [2.24, 2.45) is 0 Å². The first-order valence-electron chi connectivity index (χ1n) is 6.62. The number of carboxylic acid groups (broad SMARTS) is 1. The Hall–Kier alpha value is -3.15. The molecule has 2 aromatic heterocycles. The second-order valence-corrected chi connectivity index (χ2v) is 5.02. The van der Waals surface area contributed by atoms with Crippen molar-refractivity contribution >= 4 is 27.9 Å². The fourth-order valence-corrected chi connectivity index (χ4v) is 2.58. The van der Waals surface area contributed by atoms with Gasteiger partial charge in [0.2, 0.25) is 0 Å². The van der Waals surface area contributed by atoms with E-state index in [2.05, 4.69) is 15.0 Å². The molecule has 0 amide bonds. The van der Waals surface area contributed by atoms with Gasteiger partial charge in [0.25, 0.3) is 0 Å². The third kappa shape index (κ3) is 1.85. The SMILES string of the molecule is O=C(O)c1cc(F)cc2nc(-c3ccc4cc[nH]c4c3)[nH]c12. The number of benzene rings is 2. The maximum absolute atomic E-state index is 13.5. The summed E-state index contributed by atoms with van der Waals surface area (Å²) in [6.45, 7) is 0. The molecule has 0 radical (unpaired) electrons. The summed E-state index contributed by atoms with van der Waals surface area (Å²) < 4.78 is 13.5. The predicted molar refractivity (Wildman–Crippen MR) is 80.3 cm³/mol. The Kier molecular flexibility index (Phi) is 2.53. The van der Waals surface area contributed by atoms with Crippen molar-refractivity contribution in [3.05, 3.63) is 54.0 Å². The molecule has 2 aromatic carbocycles. The van der Waals surface area contributed by atoms with Crippen molar-refractivity contribution in [2.75, 3.05) is 0 Å². The van der Waals surface area contributed by atoms with Gasteiger partial charge in [0.15, 0.2) is 0 Å². The summed E-state index contributed by atoms with van der Waals surface area (Å²) in [7, 11) is 0. The van der Waals surface area contributed by atoms with Crippen LogP contribution in [0.4, 0.5) is 4.39 Å². The normalized spacial score (nSPS) is 11.3. The summed E-state index contributed by atoms with van der Waals surface area (Å²) in [5, 5.41) is 10.2. The van der Waals surface area contributed by atoms with Gasteiger partial charge in [-0.05, 0) is 23.6 Å². The minimum absolute atomic E-state index is 0.130. The van der Waals surface area contributed by atoms with Crippen LogP contribution in [0.15, 0.2) is 42.6 Å². The zero-order chi connectivity index (χ0) is 15.3. The number of rotatable bonds is 2. The van der Waals surface area contributed by atoms with Crippen LogP contribution in [0.1, 0.15) is 10.4 Å². The number of fused-ring (bicyclic) bond motifs is 2. The van der Waals surface area contributed by atoms with Crippen LogP contribution in [0.2, 0.25) is 0 Å². The summed E-state index contributed by atoms with van der Waals surface area (Å²) in [4.78, 5) is 21.6. The molecule has 0 saturated heterocycles. The second kappa shape index (κ2) is 4.42. The van der Waals surface area contributed by atoms with Gasteiger partial charge in [-0.15, -0.1) is 0 Å². The minimum Gasteiger partial charge on any atom is -0.478 e. The van der Waals surface area contributed by atoms with Crippen LogP contribution in [0.25, 0.3) is 33.3 Å². The Morgan fingerprint density at radius 2 is 2.05 bits per heavy atom. The molecule has 0 aliphatic rings. The van der Waals surface area contributed by atoms with Crippen LogP contribution in [0.5, 0.6) is 0 Å². The molecule has 0 aliphatic carbocycles. The van der Waals surface area contributed by atoms with Crippen molar-refractivity contribution in [3.63, 3.8) is 0 Å². The fourth-order valence-electron chi connectivity index (χ4n) is 2.58. The number of halogens is 1. The maximum Gasteiger partial charge on any atom is 0.338 e. The average Bonchev–Trinajstić information content (AvgIpc) is 3.11. The third-order valence-electron chi connectivity index (χ3n) is 3.62. The van der Waals surface area contributed by atoms with E-state index in [9.17, 15) is 14.3 Å². The minimum atomic E-state index is -1.19. The molecule has 0 unspecified atom stereocenters. The van der Waals surface area contributed by atoms with E-state index in [-0.39, 0.29) is 5.56 Å². The predicted octanol–water partition coefficient (Wildman–Crippen LogP) is 3.55. The first-order valence-corrected chi connectivity index (χ1v) is 6.62. The molecule has 0 aliphatic heterocycles. The first-order chi connectivity index (χ1) is 10.6. The van der Waals surface area contributed by atoms with Gasteiger partial charge in [-0.1, -0.05) is 12.1 Å². The summed E-state index contributed by atoms with van der Waals surface area (Å²) in [5.74, 6) is -1.32. The number of aromatic amines is 2. The molecule has 0 saturated carbocycles. The number of carbonyl (C=O) groups is 1. The molecule has 0 atom stereocenters. The molecule has 3 N–H and O–H groups in total. The smallest absolute Gasteiger partial charge is 0.338 e. The number of nitrogens with one attached hydrogen (secondary N) is 2. The van der Waals surface area contributed by atoms with Gasteiger partial charge in [0, 0.05) is 23.3 Å².